The van der Waals surface area contributed by atoms with E-state index in [2.05, 4.69) is 20.6 Å². The van der Waals surface area contributed by atoms with Crippen molar-refractivity contribution in [1.29, 1.82) is 0 Å². The van der Waals surface area contributed by atoms with Crippen LogP contribution in [0.25, 0.3) is 0 Å². The SMILES string of the molecule is COC(=O)c1cccc(Nc2cc(Nc3cc(Cl)ccc3OC)nc(C)n2)c1. The summed E-state index contributed by atoms with van der Waals surface area (Å²) in [4.78, 5) is 20.5. The molecule has 0 saturated heterocycles. The van der Waals surface area contributed by atoms with E-state index in [-0.39, 0.29) is 0 Å². The molecule has 1 aromatic heterocycles. The number of aromatic nitrogens is 2. The summed E-state index contributed by atoms with van der Waals surface area (Å²) in [6.07, 6.45) is 0. The molecule has 1 heterocycles. The predicted molar refractivity (Wildman–Crippen MR) is 109 cm³/mol. The monoisotopic (exact) mass is 398 g/mol. The summed E-state index contributed by atoms with van der Waals surface area (Å²) in [6.45, 7) is 1.79. The second-order valence-electron chi connectivity index (χ2n) is 5.85. The van der Waals surface area contributed by atoms with E-state index in [4.69, 9.17) is 21.1 Å². The highest BCUT2D eigenvalue weighted by atomic mass is 35.5. The third-order valence-corrected chi connectivity index (χ3v) is 4.05. The van der Waals surface area contributed by atoms with Gasteiger partial charge >= 0.3 is 5.97 Å². The molecule has 3 rings (SSSR count). The Kier molecular flexibility index (Phi) is 5.96. The van der Waals surface area contributed by atoms with Gasteiger partial charge in [0.1, 0.15) is 23.2 Å². The fraction of sp³-hybridized carbons (Fsp3) is 0.150. The molecule has 28 heavy (non-hydrogen) atoms. The number of methoxy groups -OCH3 is 2. The van der Waals surface area contributed by atoms with Crippen LogP contribution in [0.1, 0.15) is 16.2 Å². The Bertz CT molecular complexity index is 1010. The molecule has 144 valence electrons. The van der Waals surface area contributed by atoms with Crippen LogP contribution in [0.2, 0.25) is 5.02 Å². The summed E-state index contributed by atoms with van der Waals surface area (Å²) in [7, 11) is 2.93. The lowest BCUT2D eigenvalue weighted by Gasteiger charge is -2.13. The number of esters is 1. The number of anilines is 4. The van der Waals surface area contributed by atoms with Crippen molar-refractivity contribution in [3.8, 4) is 5.75 Å². The molecule has 0 aliphatic carbocycles. The molecule has 0 bridgehead atoms. The molecule has 0 spiro atoms. The van der Waals surface area contributed by atoms with Gasteiger partial charge in [-0.3, -0.25) is 0 Å². The number of carbonyl (C=O) groups is 1. The van der Waals surface area contributed by atoms with Crippen molar-refractivity contribution in [2.45, 2.75) is 6.92 Å². The van der Waals surface area contributed by atoms with E-state index >= 15 is 0 Å². The van der Waals surface area contributed by atoms with E-state index in [1.807, 2.05) is 6.07 Å². The fourth-order valence-electron chi connectivity index (χ4n) is 2.60. The van der Waals surface area contributed by atoms with Crippen LogP contribution in [0.5, 0.6) is 5.75 Å². The van der Waals surface area contributed by atoms with Crippen LogP contribution in [-0.2, 0) is 4.74 Å². The average Bonchev–Trinajstić information content (AvgIpc) is 2.67. The standard InChI is InChI=1S/C20H19ClN4O3/c1-12-22-18(24-15-6-4-5-13(9-15)20(26)28-3)11-19(23-12)25-16-10-14(21)7-8-17(16)27-2/h4-11H,1-3H3,(H2,22,23,24,25). The smallest absolute Gasteiger partial charge is 0.337 e. The maximum absolute atomic E-state index is 11.7. The van der Waals surface area contributed by atoms with Gasteiger partial charge in [0.2, 0.25) is 0 Å². The van der Waals surface area contributed by atoms with Gasteiger partial charge < -0.3 is 20.1 Å². The summed E-state index contributed by atoms with van der Waals surface area (Å²) in [5, 5.41) is 6.95. The fourth-order valence-corrected chi connectivity index (χ4v) is 2.77. The van der Waals surface area contributed by atoms with Crippen molar-refractivity contribution >= 4 is 40.6 Å². The Hall–Kier alpha value is -3.32. The first kappa shape index (κ1) is 19.4. The van der Waals surface area contributed by atoms with Crippen molar-refractivity contribution in [1.82, 2.24) is 9.97 Å². The van der Waals surface area contributed by atoms with Crippen molar-refractivity contribution in [2.24, 2.45) is 0 Å². The first-order valence-electron chi connectivity index (χ1n) is 8.40. The Morgan fingerprint density at radius 3 is 2.46 bits per heavy atom. The Morgan fingerprint density at radius 1 is 1.00 bits per heavy atom. The zero-order chi connectivity index (χ0) is 20.1. The summed E-state index contributed by atoms with van der Waals surface area (Å²) < 4.78 is 10.1. The third-order valence-electron chi connectivity index (χ3n) is 3.82. The lowest BCUT2D eigenvalue weighted by molar-refractivity contribution is 0.0601. The number of ether oxygens (including phenoxy) is 2. The third kappa shape index (κ3) is 4.69. The Labute approximate surface area is 167 Å². The Balaban J connectivity index is 1.86. The number of rotatable bonds is 6. The van der Waals surface area contributed by atoms with Crippen LogP contribution in [0.3, 0.4) is 0 Å². The highest BCUT2D eigenvalue weighted by Crippen LogP contribution is 2.30. The molecule has 7 nitrogen and oxygen atoms in total. The van der Waals surface area contributed by atoms with Crippen molar-refractivity contribution < 1.29 is 14.3 Å². The molecule has 0 amide bonds. The van der Waals surface area contributed by atoms with Crippen LogP contribution in [0.4, 0.5) is 23.0 Å². The van der Waals surface area contributed by atoms with Crippen LogP contribution in [0.15, 0.2) is 48.5 Å². The van der Waals surface area contributed by atoms with Gasteiger partial charge in [0.05, 0.1) is 25.5 Å². The first-order chi connectivity index (χ1) is 13.5. The van der Waals surface area contributed by atoms with Gasteiger partial charge in [-0.2, -0.15) is 0 Å². The lowest BCUT2D eigenvalue weighted by Crippen LogP contribution is -2.04. The topological polar surface area (TPSA) is 85.4 Å². The van der Waals surface area contributed by atoms with Gasteiger partial charge in [0.15, 0.2) is 0 Å². The van der Waals surface area contributed by atoms with Gasteiger partial charge in [-0.1, -0.05) is 17.7 Å². The molecule has 0 aliphatic heterocycles. The number of hydrogen-bond donors (Lipinski definition) is 2. The number of benzene rings is 2. The minimum absolute atomic E-state index is 0.405. The zero-order valence-corrected chi connectivity index (χ0v) is 16.4. The summed E-state index contributed by atoms with van der Waals surface area (Å²) >= 11 is 6.08. The van der Waals surface area contributed by atoms with Gasteiger partial charge in [-0.15, -0.1) is 0 Å². The first-order valence-corrected chi connectivity index (χ1v) is 8.78. The van der Waals surface area contributed by atoms with E-state index in [1.165, 1.54) is 7.11 Å². The maximum Gasteiger partial charge on any atom is 0.337 e. The largest absolute Gasteiger partial charge is 0.495 e. The molecule has 0 atom stereocenters. The van der Waals surface area contributed by atoms with E-state index < -0.39 is 5.97 Å². The molecule has 0 aliphatic rings. The molecule has 2 N–H and O–H groups in total. The number of carbonyl (C=O) groups excluding carboxylic acids is 1. The maximum atomic E-state index is 11.7. The number of nitrogens with one attached hydrogen (secondary N) is 2. The number of hydrogen-bond acceptors (Lipinski definition) is 7. The van der Waals surface area contributed by atoms with Crippen molar-refractivity contribution in [3.05, 3.63) is 64.9 Å². The van der Waals surface area contributed by atoms with Crippen molar-refractivity contribution in [2.75, 3.05) is 24.9 Å². The van der Waals surface area contributed by atoms with Crippen LogP contribution in [-0.4, -0.2) is 30.2 Å². The molecule has 0 fully saturated rings. The van der Waals surface area contributed by atoms with E-state index in [0.29, 0.717) is 45.2 Å². The number of aryl methyl sites for hydroxylation is 1. The van der Waals surface area contributed by atoms with Crippen LogP contribution in [0, 0.1) is 6.92 Å². The number of nitrogens with zero attached hydrogens (tertiary/aromatic N) is 2. The molecule has 0 unspecified atom stereocenters. The van der Waals surface area contributed by atoms with E-state index in [9.17, 15) is 4.79 Å². The van der Waals surface area contributed by atoms with Gasteiger partial charge in [-0.05, 0) is 43.3 Å². The minimum atomic E-state index is -0.405. The van der Waals surface area contributed by atoms with Gasteiger partial charge in [0.25, 0.3) is 0 Å². The molecule has 0 saturated carbocycles. The average molecular weight is 399 g/mol. The highest BCUT2D eigenvalue weighted by molar-refractivity contribution is 6.31. The predicted octanol–water partition coefficient (Wildman–Crippen LogP) is 4.72. The Morgan fingerprint density at radius 2 is 1.75 bits per heavy atom. The molecular formula is C20H19ClN4O3. The molecule has 8 heteroatoms. The highest BCUT2D eigenvalue weighted by Gasteiger charge is 2.09. The minimum Gasteiger partial charge on any atom is -0.495 e. The number of halogens is 1. The quantitative estimate of drug-likeness (QED) is 0.581. The van der Waals surface area contributed by atoms with Gasteiger partial charge in [-0.25, -0.2) is 14.8 Å². The summed E-state index contributed by atoms with van der Waals surface area (Å²) in [5.41, 5.74) is 1.83. The molecule has 2 aromatic carbocycles. The lowest BCUT2D eigenvalue weighted by atomic mass is 10.2. The molecule has 3 aromatic rings. The van der Waals surface area contributed by atoms with E-state index in [1.54, 1.807) is 56.5 Å². The van der Waals surface area contributed by atoms with Crippen molar-refractivity contribution in [3.63, 3.8) is 0 Å². The van der Waals surface area contributed by atoms with Crippen LogP contribution >= 0.6 is 11.6 Å². The zero-order valence-electron chi connectivity index (χ0n) is 15.6. The normalized spacial score (nSPS) is 10.3. The summed E-state index contributed by atoms with van der Waals surface area (Å²) in [5.74, 6) is 1.94. The second kappa shape index (κ2) is 8.58. The van der Waals surface area contributed by atoms with E-state index in [0.717, 1.165) is 0 Å². The summed E-state index contributed by atoms with van der Waals surface area (Å²) in [6, 6.07) is 14.0. The molecular weight excluding hydrogens is 380 g/mol. The molecule has 0 radical (unpaired) electrons. The van der Waals surface area contributed by atoms with Gasteiger partial charge in [0, 0.05) is 16.8 Å². The second-order valence-corrected chi connectivity index (χ2v) is 6.29. The van der Waals surface area contributed by atoms with Crippen LogP contribution < -0.4 is 15.4 Å².